The molecule has 3 atom stereocenters. The quantitative estimate of drug-likeness (QED) is 0.791. The van der Waals surface area contributed by atoms with E-state index in [0.29, 0.717) is 0 Å². The standard InChI is InChI=1S/C17H31N3/c1-4-5-16(13-18)19-6-8-20(9-7-19)17-11-14(2)10-15(3)12-17/h14-17H,4-12H2,1-3H3. The first-order chi connectivity index (χ1) is 9.63. The molecule has 0 bridgehead atoms. The first-order valence-corrected chi connectivity index (χ1v) is 8.51. The Labute approximate surface area is 124 Å². The van der Waals surface area contributed by atoms with E-state index < -0.39 is 0 Å². The topological polar surface area (TPSA) is 30.3 Å². The van der Waals surface area contributed by atoms with Crippen LogP contribution in [-0.2, 0) is 0 Å². The number of piperazine rings is 1. The third-order valence-corrected chi connectivity index (χ3v) is 5.17. The molecule has 0 amide bonds. The zero-order chi connectivity index (χ0) is 14.5. The summed E-state index contributed by atoms with van der Waals surface area (Å²) >= 11 is 0. The van der Waals surface area contributed by atoms with Crippen LogP contribution in [0.4, 0.5) is 0 Å². The molecule has 0 aromatic heterocycles. The van der Waals surface area contributed by atoms with E-state index in [1.165, 1.54) is 19.3 Å². The van der Waals surface area contributed by atoms with Crippen LogP contribution < -0.4 is 0 Å². The highest BCUT2D eigenvalue weighted by atomic mass is 15.3. The highest BCUT2D eigenvalue weighted by Gasteiger charge is 2.31. The summed E-state index contributed by atoms with van der Waals surface area (Å²) in [5, 5.41) is 9.29. The van der Waals surface area contributed by atoms with Crippen molar-refractivity contribution in [1.29, 1.82) is 5.26 Å². The lowest BCUT2D eigenvalue weighted by molar-refractivity contribution is 0.0468. The predicted molar refractivity (Wildman–Crippen MR) is 83.4 cm³/mol. The first-order valence-electron chi connectivity index (χ1n) is 8.51. The zero-order valence-corrected chi connectivity index (χ0v) is 13.5. The summed E-state index contributed by atoms with van der Waals surface area (Å²) in [7, 11) is 0. The average Bonchev–Trinajstić information content (AvgIpc) is 2.44. The minimum Gasteiger partial charge on any atom is -0.298 e. The van der Waals surface area contributed by atoms with Crippen LogP contribution in [0.2, 0.25) is 0 Å². The molecule has 2 rings (SSSR count). The van der Waals surface area contributed by atoms with Crippen LogP contribution in [0.3, 0.4) is 0 Å². The van der Waals surface area contributed by atoms with E-state index in [1.807, 2.05) is 0 Å². The lowest BCUT2D eigenvalue weighted by Crippen LogP contribution is -2.54. The molecular formula is C17H31N3. The van der Waals surface area contributed by atoms with Crippen molar-refractivity contribution in [3.63, 3.8) is 0 Å². The van der Waals surface area contributed by atoms with Gasteiger partial charge in [0.2, 0.25) is 0 Å². The van der Waals surface area contributed by atoms with Gasteiger partial charge in [-0.15, -0.1) is 0 Å². The second kappa shape index (κ2) is 7.43. The van der Waals surface area contributed by atoms with Crippen LogP contribution in [-0.4, -0.2) is 48.1 Å². The SMILES string of the molecule is CCCC(C#N)N1CCN(C2CC(C)CC(C)C2)CC1. The summed E-state index contributed by atoms with van der Waals surface area (Å²) in [4.78, 5) is 5.10. The molecule has 1 aliphatic heterocycles. The second-order valence-corrected chi connectivity index (χ2v) is 7.08. The first kappa shape index (κ1) is 15.8. The monoisotopic (exact) mass is 277 g/mol. The van der Waals surface area contributed by atoms with Gasteiger partial charge in [-0.25, -0.2) is 0 Å². The smallest absolute Gasteiger partial charge is 0.0978 e. The maximum Gasteiger partial charge on any atom is 0.0978 e. The summed E-state index contributed by atoms with van der Waals surface area (Å²) in [6.07, 6.45) is 6.29. The van der Waals surface area contributed by atoms with Gasteiger partial charge >= 0.3 is 0 Å². The Hall–Kier alpha value is -0.590. The van der Waals surface area contributed by atoms with Gasteiger partial charge in [0.1, 0.15) is 0 Å². The molecule has 1 heterocycles. The molecule has 114 valence electrons. The van der Waals surface area contributed by atoms with Crippen LogP contribution in [0.5, 0.6) is 0 Å². The van der Waals surface area contributed by atoms with E-state index >= 15 is 0 Å². The fraction of sp³-hybridized carbons (Fsp3) is 0.941. The molecule has 20 heavy (non-hydrogen) atoms. The van der Waals surface area contributed by atoms with Crippen molar-refractivity contribution in [3.8, 4) is 6.07 Å². The number of nitrogens with zero attached hydrogens (tertiary/aromatic N) is 3. The molecule has 0 aromatic carbocycles. The summed E-state index contributed by atoms with van der Waals surface area (Å²) in [6.45, 7) is 11.5. The molecule has 0 radical (unpaired) electrons. The molecule has 1 aliphatic carbocycles. The molecule has 2 aliphatic rings. The van der Waals surface area contributed by atoms with Crippen LogP contribution in [0, 0.1) is 23.2 Å². The van der Waals surface area contributed by atoms with Crippen molar-refractivity contribution in [2.75, 3.05) is 26.2 Å². The third-order valence-electron chi connectivity index (χ3n) is 5.17. The second-order valence-electron chi connectivity index (χ2n) is 7.08. The van der Waals surface area contributed by atoms with Crippen molar-refractivity contribution in [2.45, 2.75) is 65.0 Å². The molecule has 0 spiro atoms. The Kier molecular flexibility index (Phi) is 5.86. The normalized spacial score (nSPS) is 34.6. The van der Waals surface area contributed by atoms with Crippen LogP contribution in [0.1, 0.15) is 52.9 Å². The van der Waals surface area contributed by atoms with E-state index in [2.05, 4.69) is 36.6 Å². The van der Waals surface area contributed by atoms with Crippen molar-refractivity contribution < 1.29 is 0 Å². The van der Waals surface area contributed by atoms with Crippen LogP contribution in [0.25, 0.3) is 0 Å². The molecule has 0 N–H and O–H groups in total. The highest BCUT2D eigenvalue weighted by molar-refractivity contribution is 4.94. The van der Waals surface area contributed by atoms with Gasteiger partial charge in [-0.1, -0.05) is 27.2 Å². The van der Waals surface area contributed by atoms with E-state index in [0.717, 1.165) is 56.9 Å². The summed E-state index contributed by atoms with van der Waals surface area (Å²) in [6, 6.07) is 3.43. The largest absolute Gasteiger partial charge is 0.298 e. The lowest BCUT2D eigenvalue weighted by Gasteiger charge is -2.44. The van der Waals surface area contributed by atoms with Crippen molar-refractivity contribution in [2.24, 2.45) is 11.8 Å². The van der Waals surface area contributed by atoms with Crippen molar-refractivity contribution in [1.82, 2.24) is 9.80 Å². The summed E-state index contributed by atoms with van der Waals surface area (Å²) in [5.74, 6) is 1.77. The van der Waals surface area contributed by atoms with Gasteiger partial charge in [0.15, 0.2) is 0 Å². The zero-order valence-electron chi connectivity index (χ0n) is 13.5. The van der Waals surface area contributed by atoms with E-state index in [9.17, 15) is 5.26 Å². The van der Waals surface area contributed by atoms with Gasteiger partial charge in [0.05, 0.1) is 12.1 Å². The fourth-order valence-corrected chi connectivity index (χ4v) is 4.22. The summed E-state index contributed by atoms with van der Waals surface area (Å²) in [5.41, 5.74) is 0. The van der Waals surface area contributed by atoms with Crippen LogP contribution >= 0.6 is 0 Å². The van der Waals surface area contributed by atoms with Crippen molar-refractivity contribution in [3.05, 3.63) is 0 Å². The number of hydrogen-bond donors (Lipinski definition) is 0. The molecule has 3 nitrogen and oxygen atoms in total. The molecule has 1 saturated carbocycles. The minimum absolute atomic E-state index is 0.145. The number of nitriles is 1. The van der Waals surface area contributed by atoms with Crippen LogP contribution in [0.15, 0.2) is 0 Å². The van der Waals surface area contributed by atoms with E-state index in [4.69, 9.17) is 0 Å². The Morgan fingerprint density at radius 1 is 1.05 bits per heavy atom. The van der Waals surface area contributed by atoms with Gasteiger partial charge in [-0.3, -0.25) is 9.80 Å². The van der Waals surface area contributed by atoms with Gasteiger partial charge in [0.25, 0.3) is 0 Å². The minimum atomic E-state index is 0.145. The molecule has 3 heteroatoms. The highest BCUT2D eigenvalue weighted by Crippen LogP contribution is 2.32. The van der Waals surface area contributed by atoms with Gasteiger partial charge in [-0.2, -0.15) is 5.26 Å². The molecule has 2 fully saturated rings. The Morgan fingerprint density at radius 2 is 1.65 bits per heavy atom. The molecule has 1 saturated heterocycles. The average molecular weight is 277 g/mol. The van der Waals surface area contributed by atoms with Gasteiger partial charge in [0, 0.05) is 32.2 Å². The third kappa shape index (κ3) is 3.96. The maximum absolute atomic E-state index is 9.29. The van der Waals surface area contributed by atoms with Gasteiger partial charge < -0.3 is 0 Å². The Balaban J connectivity index is 1.83. The fourth-order valence-electron chi connectivity index (χ4n) is 4.22. The Bertz CT molecular complexity index is 318. The van der Waals surface area contributed by atoms with E-state index in [1.54, 1.807) is 0 Å². The number of rotatable bonds is 4. The lowest BCUT2D eigenvalue weighted by atomic mass is 9.79. The molecule has 3 unspecified atom stereocenters. The summed E-state index contributed by atoms with van der Waals surface area (Å²) < 4.78 is 0. The van der Waals surface area contributed by atoms with Gasteiger partial charge in [-0.05, 0) is 37.5 Å². The van der Waals surface area contributed by atoms with Crippen molar-refractivity contribution >= 4 is 0 Å². The number of hydrogen-bond acceptors (Lipinski definition) is 3. The predicted octanol–water partition coefficient (Wildman–Crippen LogP) is 3.12. The maximum atomic E-state index is 9.29. The molecule has 0 aromatic rings. The molecular weight excluding hydrogens is 246 g/mol. The Morgan fingerprint density at radius 3 is 2.15 bits per heavy atom. The van der Waals surface area contributed by atoms with E-state index in [-0.39, 0.29) is 6.04 Å².